The molecule has 172 valence electrons. The second-order valence-corrected chi connectivity index (χ2v) is 8.94. The molecule has 4 aromatic rings. The number of unbranched alkanes of at least 4 members (excludes halogenated alkanes) is 2. The highest BCUT2D eigenvalue weighted by atomic mass is 32.1. The molecule has 1 heterocycles. The number of hydrogen-bond acceptors (Lipinski definition) is 5. The summed E-state index contributed by atoms with van der Waals surface area (Å²) in [6.45, 7) is 10.1. The van der Waals surface area contributed by atoms with Crippen LogP contribution in [0.4, 0.5) is 0 Å². The Hall–Kier alpha value is -2.92. The number of aromatic nitrogens is 2. The summed E-state index contributed by atoms with van der Waals surface area (Å²) in [5.41, 5.74) is 9.00. The molecular weight excluding hydrogens is 428 g/mol. The highest BCUT2D eigenvalue weighted by molar-refractivity contribution is 7.00. The highest BCUT2D eigenvalue weighted by Gasteiger charge is 2.20. The molecule has 0 unspecified atom stereocenters. The van der Waals surface area contributed by atoms with Crippen molar-refractivity contribution in [2.45, 2.75) is 53.4 Å². The van der Waals surface area contributed by atoms with Crippen molar-refractivity contribution in [3.05, 3.63) is 59.7 Å². The second-order valence-electron chi connectivity index (χ2n) is 8.41. The first-order valence-electron chi connectivity index (χ1n) is 11.9. The van der Waals surface area contributed by atoms with Gasteiger partial charge in [-0.2, -0.15) is 8.75 Å². The first kappa shape index (κ1) is 23.2. The highest BCUT2D eigenvalue weighted by Crippen LogP contribution is 2.42. The van der Waals surface area contributed by atoms with Gasteiger partial charge in [-0.05, 0) is 84.3 Å². The van der Waals surface area contributed by atoms with Gasteiger partial charge in [-0.3, -0.25) is 0 Å². The molecule has 0 aliphatic rings. The Morgan fingerprint density at radius 3 is 1.39 bits per heavy atom. The normalized spacial score (nSPS) is 11.2. The Morgan fingerprint density at radius 2 is 1.03 bits per heavy atom. The van der Waals surface area contributed by atoms with Crippen LogP contribution in [0, 0.1) is 13.8 Å². The Morgan fingerprint density at radius 1 is 0.636 bits per heavy atom. The van der Waals surface area contributed by atoms with E-state index >= 15 is 0 Å². The Bertz CT molecular complexity index is 1100. The van der Waals surface area contributed by atoms with Crippen LogP contribution in [0.1, 0.15) is 50.7 Å². The SMILES string of the molecule is CCCCOc1ccc(-c2c(-c3ccc(OCCCC)cc3)c(C)c3nsnc3c2C)cc1. The van der Waals surface area contributed by atoms with Crippen molar-refractivity contribution in [1.29, 1.82) is 0 Å². The standard InChI is InChI=1S/C28H32N2O2S/c1-5-7-17-31-23-13-9-21(10-14-23)25-19(3)27-28(30-33-29-27)20(4)26(25)22-11-15-24(16-12-22)32-18-8-6-2/h9-16H,5-8,17-18H2,1-4H3. The van der Waals surface area contributed by atoms with Gasteiger partial charge >= 0.3 is 0 Å². The number of rotatable bonds is 10. The molecule has 4 rings (SSSR count). The lowest BCUT2D eigenvalue weighted by Gasteiger charge is -2.18. The summed E-state index contributed by atoms with van der Waals surface area (Å²) in [6, 6.07) is 16.9. The van der Waals surface area contributed by atoms with Crippen LogP contribution in [0.2, 0.25) is 0 Å². The van der Waals surface area contributed by atoms with E-state index in [-0.39, 0.29) is 0 Å². The van der Waals surface area contributed by atoms with E-state index in [9.17, 15) is 0 Å². The van der Waals surface area contributed by atoms with Crippen molar-refractivity contribution in [2.24, 2.45) is 0 Å². The van der Waals surface area contributed by atoms with Gasteiger partial charge in [0.15, 0.2) is 0 Å². The lowest BCUT2D eigenvalue weighted by Crippen LogP contribution is -1.98. The molecule has 1 aromatic heterocycles. The molecule has 3 aromatic carbocycles. The van der Waals surface area contributed by atoms with Crippen molar-refractivity contribution in [3.63, 3.8) is 0 Å². The third-order valence-electron chi connectivity index (χ3n) is 6.02. The lowest BCUT2D eigenvalue weighted by atomic mass is 9.86. The maximum Gasteiger partial charge on any atom is 0.119 e. The monoisotopic (exact) mass is 460 g/mol. The molecule has 0 fully saturated rings. The van der Waals surface area contributed by atoms with E-state index in [0.29, 0.717) is 0 Å². The molecule has 0 radical (unpaired) electrons. The third kappa shape index (κ3) is 5.03. The average Bonchev–Trinajstić information content (AvgIpc) is 3.34. The van der Waals surface area contributed by atoms with Crippen LogP contribution in [-0.4, -0.2) is 22.0 Å². The van der Waals surface area contributed by atoms with Crippen LogP contribution in [-0.2, 0) is 0 Å². The van der Waals surface area contributed by atoms with E-state index < -0.39 is 0 Å². The minimum absolute atomic E-state index is 0.752. The van der Waals surface area contributed by atoms with E-state index in [0.717, 1.165) is 83.7 Å². The van der Waals surface area contributed by atoms with Crippen molar-refractivity contribution < 1.29 is 9.47 Å². The van der Waals surface area contributed by atoms with Crippen LogP contribution >= 0.6 is 11.7 Å². The first-order chi connectivity index (χ1) is 16.1. The van der Waals surface area contributed by atoms with Gasteiger partial charge in [0.2, 0.25) is 0 Å². The number of fused-ring (bicyclic) bond motifs is 1. The molecule has 0 spiro atoms. The molecule has 0 atom stereocenters. The minimum Gasteiger partial charge on any atom is -0.494 e. The van der Waals surface area contributed by atoms with E-state index in [2.05, 4.69) is 85.0 Å². The molecule has 0 saturated carbocycles. The van der Waals surface area contributed by atoms with E-state index in [1.54, 1.807) is 0 Å². The van der Waals surface area contributed by atoms with Gasteiger partial charge in [-0.15, -0.1) is 0 Å². The second kappa shape index (κ2) is 10.8. The topological polar surface area (TPSA) is 44.2 Å². The van der Waals surface area contributed by atoms with Gasteiger partial charge in [-0.25, -0.2) is 0 Å². The summed E-state index contributed by atoms with van der Waals surface area (Å²) in [5.74, 6) is 1.82. The van der Waals surface area contributed by atoms with Crippen LogP contribution in [0.3, 0.4) is 0 Å². The fraction of sp³-hybridized carbons (Fsp3) is 0.357. The Kier molecular flexibility index (Phi) is 7.61. The quantitative estimate of drug-likeness (QED) is 0.225. The summed E-state index contributed by atoms with van der Waals surface area (Å²) in [5, 5.41) is 0. The number of aryl methyl sites for hydroxylation is 2. The molecule has 0 bridgehead atoms. The molecule has 0 saturated heterocycles. The van der Waals surface area contributed by atoms with Crippen LogP contribution in [0.5, 0.6) is 11.5 Å². The predicted octanol–water partition coefficient (Wildman–Crippen LogP) is 8.00. The molecule has 33 heavy (non-hydrogen) atoms. The van der Waals surface area contributed by atoms with Gasteiger partial charge in [0, 0.05) is 0 Å². The maximum absolute atomic E-state index is 5.88. The zero-order chi connectivity index (χ0) is 23.2. The molecule has 5 heteroatoms. The van der Waals surface area contributed by atoms with Crippen LogP contribution < -0.4 is 9.47 Å². The summed E-state index contributed by atoms with van der Waals surface area (Å²) < 4.78 is 21.0. The maximum atomic E-state index is 5.88. The van der Waals surface area contributed by atoms with Crippen LogP contribution in [0.25, 0.3) is 33.3 Å². The van der Waals surface area contributed by atoms with Crippen LogP contribution in [0.15, 0.2) is 48.5 Å². The van der Waals surface area contributed by atoms with Gasteiger partial charge in [0.1, 0.15) is 22.5 Å². The molecule has 4 nitrogen and oxygen atoms in total. The minimum atomic E-state index is 0.752. The van der Waals surface area contributed by atoms with Crippen molar-refractivity contribution in [3.8, 4) is 33.8 Å². The Balaban J connectivity index is 1.76. The third-order valence-corrected chi connectivity index (χ3v) is 6.55. The molecule has 0 amide bonds. The molecular formula is C28H32N2O2S. The summed E-state index contributed by atoms with van der Waals surface area (Å²) in [4.78, 5) is 0. The van der Waals surface area contributed by atoms with Crippen molar-refractivity contribution in [1.82, 2.24) is 8.75 Å². The fourth-order valence-electron chi connectivity index (χ4n) is 4.12. The van der Waals surface area contributed by atoms with E-state index in [1.165, 1.54) is 22.9 Å². The Labute approximate surface area is 200 Å². The number of benzene rings is 3. The molecule has 0 aliphatic carbocycles. The smallest absolute Gasteiger partial charge is 0.119 e. The predicted molar refractivity (Wildman–Crippen MR) is 139 cm³/mol. The van der Waals surface area contributed by atoms with Gasteiger partial charge in [-0.1, -0.05) is 51.0 Å². The largest absolute Gasteiger partial charge is 0.494 e. The van der Waals surface area contributed by atoms with Gasteiger partial charge < -0.3 is 9.47 Å². The summed E-state index contributed by atoms with van der Waals surface area (Å²) in [7, 11) is 0. The van der Waals surface area contributed by atoms with Crippen molar-refractivity contribution >= 4 is 22.8 Å². The zero-order valence-corrected chi connectivity index (χ0v) is 20.8. The molecule has 0 N–H and O–H groups in total. The number of nitrogens with zero attached hydrogens (tertiary/aromatic N) is 2. The molecule has 0 aliphatic heterocycles. The first-order valence-corrected chi connectivity index (χ1v) is 12.6. The number of ether oxygens (including phenoxy) is 2. The van der Waals surface area contributed by atoms with E-state index in [4.69, 9.17) is 9.47 Å². The summed E-state index contributed by atoms with van der Waals surface area (Å²) >= 11 is 1.28. The average molecular weight is 461 g/mol. The van der Waals surface area contributed by atoms with Crippen molar-refractivity contribution in [2.75, 3.05) is 13.2 Å². The lowest BCUT2D eigenvalue weighted by molar-refractivity contribution is 0.309. The van der Waals surface area contributed by atoms with E-state index in [1.807, 2.05) is 0 Å². The zero-order valence-electron chi connectivity index (χ0n) is 20.0. The fourth-order valence-corrected chi connectivity index (χ4v) is 4.77. The summed E-state index contributed by atoms with van der Waals surface area (Å²) in [6.07, 6.45) is 4.39. The number of hydrogen-bond donors (Lipinski definition) is 0. The van der Waals surface area contributed by atoms with Gasteiger partial charge in [0.05, 0.1) is 24.9 Å². The van der Waals surface area contributed by atoms with Gasteiger partial charge in [0.25, 0.3) is 0 Å².